The van der Waals surface area contributed by atoms with Crippen LogP contribution in [0.1, 0.15) is 42.7 Å². The van der Waals surface area contributed by atoms with Gasteiger partial charge in [0.15, 0.2) is 0 Å². The summed E-state index contributed by atoms with van der Waals surface area (Å²) in [6.45, 7) is 7.10. The Morgan fingerprint density at radius 2 is 2.05 bits per heavy atom. The summed E-state index contributed by atoms with van der Waals surface area (Å²) in [6, 6.07) is 3.59. The summed E-state index contributed by atoms with van der Waals surface area (Å²) >= 11 is 1.89. The van der Waals surface area contributed by atoms with Gasteiger partial charge in [0, 0.05) is 11.3 Å². The highest BCUT2D eigenvalue weighted by atomic mass is 32.2. The number of ether oxygens (including phenoxy) is 1. The van der Waals surface area contributed by atoms with Gasteiger partial charge in [-0.15, -0.1) is 0 Å². The number of anilines is 1. The maximum absolute atomic E-state index is 11.5. The lowest BCUT2D eigenvalue weighted by Crippen LogP contribution is -2.32. The predicted molar refractivity (Wildman–Crippen MR) is 85.6 cm³/mol. The number of hydrogen-bond donors (Lipinski definition) is 1. The molecule has 0 saturated carbocycles. The second-order valence-electron chi connectivity index (χ2n) is 4.77. The predicted octanol–water partition coefficient (Wildman–Crippen LogP) is 3.51. The summed E-state index contributed by atoms with van der Waals surface area (Å²) in [4.78, 5) is 15.9. The molecule has 112 valence electrons. The number of methoxy groups -OCH3 is 1. The summed E-state index contributed by atoms with van der Waals surface area (Å²) in [6.07, 6.45) is 4.36. The summed E-state index contributed by atoms with van der Waals surface area (Å²) in [5.74, 6) is 0.456. The number of aromatic nitrogens is 1. The highest BCUT2D eigenvalue weighted by Crippen LogP contribution is 2.30. The van der Waals surface area contributed by atoms with Crippen molar-refractivity contribution in [2.24, 2.45) is 0 Å². The van der Waals surface area contributed by atoms with Crippen molar-refractivity contribution in [2.45, 2.75) is 38.4 Å². The van der Waals surface area contributed by atoms with Gasteiger partial charge in [-0.1, -0.05) is 13.8 Å². The van der Waals surface area contributed by atoms with E-state index in [2.05, 4.69) is 30.4 Å². The van der Waals surface area contributed by atoms with E-state index < -0.39 is 0 Å². The van der Waals surface area contributed by atoms with E-state index in [1.54, 1.807) is 6.07 Å². The van der Waals surface area contributed by atoms with Gasteiger partial charge in [-0.2, -0.15) is 11.8 Å². The molecule has 0 radical (unpaired) electrons. The average molecular weight is 296 g/mol. The Kier molecular flexibility index (Phi) is 6.33. The first kappa shape index (κ1) is 16.8. The third-order valence-corrected chi connectivity index (χ3v) is 5.39. The number of carbonyl (C=O) groups excluding carboxylic acids is 1. The first-order chi connectivity index (χ1) is 9.51. The molecule has 0 spiro atoms. The lowest BCUT2D eigenvalue weighted by Gasteiger charge is -2.30. The number of aryl methyl sites for hydroxylation is 1. The van der Waals surface area contributed by atoms with Gasteiger partial charge >= 0.3 is 5.97 Å². The lowest BCUT2D eigenvalue weighted by atomic mass is 10.0. The maximum Gasteiger partial charge on any atom is 0.339 e. The van der Waals surface area contributed by atoms with Gasteiger partial charge in [-0.25, -0.2) is 9.78 Å². The van der Waals surface area contributed by atoms with Crippen molar-refractivity contribution in [1.29, 1.82) is 0 Å². The number of nitrogens with one attached hydrogen (secondary N) is 1. The fraction of sp³-hybridized carbons (Fsp3) is 0.600. The molecular formula is C15H24N2O2S. The van der Waals surface area contributed by atoms with Crippen LogP contribution in [0.15, 0.2) is 12.1 Å². The van der Waals surface area contributed by atoms with E-state index >= 15 is 0 Å². The first-order valence-electron chi connectivity index (χ1n) is 6.87. The number of pyridine rings is 1. The van der Waals surface area contributed by atoms with Crippen molar-refractivity contribution >= 4 is 23.5 Å². The number of thioether (sulfide) groups is 1. The van der Waals surface area contributed by atoms with Crippen LogP contribution in [-0.4, -0.2) is 35.6 Å². The van der Waals surface area contributed by atoms with E-state index in [1.165, 1.54) is 7.11 Å². The molecule has 0 aliphatic heterocycles. The fourth-order valence-corrected chi connectivity index (χ4v) is 2.89. The molecule has 4 nitrogen and oxygen atoms in total. The monoisotopic (exact) mass is 296 g/mol. The fourth-order valence-electron chi connectivity index (χ4n) is 2.10. The Hall–Kier alpha value is -1.23. The molecule has 5 heteroatoms. The number of esters is 1. The minimum absolute atomic E-state index is 0.233. The Bertz CT molecular complexity index is 451. The molecule has 0 atom stereocenters. The van der Waals surface area contributed by atoms with Crippen LogP contribution in [0.3, 0.4) is 0 Å². The van der Waals surface area contributed by atoms with Crippen LogP contribution in [0.2, 0.25) is 0 Å². The van der Waals surface area contributed by atoms with Crippen LogP contribution in [0.25, 0.3) is 0 Å². The summed E-state index contributed by atoms with van der Waals surface area (Å²) in [5.41, 5.74) is 1.20. The highest BCUT2D eigenvalue weighted by Gasteiger charge is 2.24. The zero-order chi connectivity index (χ0) is 15.2. The Labute approximate surface area is 125 Å². The smallest absolute Gasteiger partial charge is 0.339 e. The number of nitrogens with zero attached hydrogens (tertiary/aromatic N) is 1. The third-order valence-electron chi connectivity index (χ3n) is 3.80. The molecule has 1 N–H and O–H groups in total. The molecule has 0 saturated heterocycles. The molecule has 1 rings (SSSR count). The van der Waals surface area contributed by atoms with Crippen molar-refractivity contribution in [1.82, 2.24) is 4.98 Å². The van der Waals surface area contributed by atoms with Crippen LogP contribution in [-0.2, 0) is 4.74 Å². The van der Waals surface area contributed by atoms with E-state index in [9.17, 15) is 4.79 Å². The Balaban J connectivity index is 2.80. The molecule has 1 aromatic heterocycles. The van der Waals surface area contributed by atoms with Gasteiger partial charge in [-0.05, 0) is 38.2 Å². The summed E-state index contributed by atoms with van der Waals surface area (Å²) in [7, 11) is 1.38. The topological polar surface area (TPSA) is 51.2 Å². The van der Waals surface area contributed by atoms with E-state index in [4.69, 9.17) is 4.74 Å². The van der Waals surface area contributed by atoms with Gasteiger partial charge < -0.3 is 10.1 Å². The van der Waals surface area contributed by atoms with Crippen LogP contribution >= 0.6 is 11.8 Å². The molecule has 1 aromatic rings. The van der Waals surface area contributed by atoms with Gasteiger partial charge in [0.05, 0.1) is 18.4 Å². The van der Waals surface area contributed by atoms with Gasteiger partial charge in [0.1, 0.15) is 5.82 Å². The quantitative estimate of drug-likeness (QED) is 0.780. The van der Waals surface area contributed by atoms with Gasteiger partial charge in [0.2, 0.25) is 0 Å². The molecule has 0 aliphatic carbocycles. The van der Waals surface area contributed by atoms with E-state index in [0.717, 1.165) is 25.2 Å². The van der Waals surface area contributed by atoms with E-state index in [-0.39, 0.29) is 10.7 Å². The number of hydrogen-bond acceptors (Lipinski definition) is 5. The Morgan fingerprint density at radius 1 is 1.40 bits per heavy atom. The largest absolute Gasteiger partial charge is 0.465 e. The molecule has 0 bridgehead atoms. The molecule has 0 aromatic carbocycles. The Morgan fingerprint density at radius 3 is 2.50 bits per heavy atom. The molecule has 1 heterocycles. The average Bonchev–Trinajstić information content (AvgIpc) is 2.48. The van der Waals surface area contributed by atoms with Crippen molar-refractivity contribution in [2.75, 3.05) is 25.2 Å². The SMILES string of the molecule is CCC(CC)(CNc1ccc(C(=O)OC)c(C)n1)SC. The maximum atomic E-state index is 11.5. The number of rotatable bonds is 7. The molecule has 0 unspecified atom stereocenters. The van der Waals surface area contributed by atoms with Crippen molar-refractivity contribution in [3.8, 4) is 0 Å². The van der Waals surface area contributed by atoms with Gasteiger partial charge in [-0.3, -0.25) is 0 Å². The second kappa shape index (κ2) is 7.53. The molecule has 20 heavy (non-hydrogen) atoms. The summed E-state index contributed by atoms with van der Waals surface area (Å²) < 4.78 is 4.95. The van der Waals surface area contributed by atoms with Crippen molar-refractivity contribution in [3.63, 3.8) is 0 Å². The van der Waals surface area contributed by atoms with E-state index in [1.807, 2.05) is 24.8 Å². The second-order valence-corrected chi connectivity index (χ2v) is 6.04. The van der Waals surface area contributed by atoms with E-state index in [0.29, 0.717) is 11.3 Å². The molecule has 0 fully saturated rings. The minimum atomic E-state index is -0.345. The van der Waals surface area contributed by atoms with Crippen LogP contribution in [0.4, 0.5) is 5.82 Å². The third kappa shape index (κ3) is 3.88. The van der Waals surface area contributed by atoms with Crippen LogP contribution < -0.4 is 5.32 Å². The van der Waals surface area contributed by atoms with Crippen LogP contribution in [0.5, 0.6) is 0 Å². The normalized spacial score (nSPS) is 11.2. The van der Waals surface area contributed by atoms with Crippen LogP contribution in [0, 0.1) is 6.92 Å². The molecule has 0 amide bonds. The summed E-state index contributed by atoms with van der Waals surface area (Å²) in [5, 5.41) is 3.38. The van der Waals surface area contributed by atoms with Crippen molar-refractivity contribution < 1.29 is 9.53 Å². The number of carbonyl (C=O) groups is 1. The van der Waals surface area contributed by atoms with Crippen molar-refractivity contribution in [3.05, 3.63) is 23.4 Å². The highest BCUT2D eigenvalue weighted by molar-refractivity contribution is 8.00. The zero-order valence-corrected chi connectivity index (χ0v) is 13.8. The van der Waals surface area contributed by atoms with Gasteiger partial charge in [0.25, 0.3) is 0 Å². The lowest BCUT2D eigenvalue weighted by molar-refractivity contribution is 0.0599. The zero-order valence-electron chi connectivity index (χ0n) is 12.9. The molecule has 0 aliphatic rings. The standard InChI is InChI=1S/C15H24N2O2S/c1-6-15(7-2,20-5)10-16-13-9-8-12(11(3)17-13)14(18)19-4/h8-9H,6-7,10H2,1-5H3,(H,16,17). The first-order valence-corrected chi connectivity index (χ1v) is 8.09. The minimum Gasteiger partial charge on any atom is -0.465 e. The molecular weight excluding hydrogens is 272 g/mol.